The third kappa shape index (κ3) is 2.22. The molecule has 0 N–H and O–H groups in total. The number of carbonyl (C=O) groups excluding carboxylic acids is 2. The second-order valence-electron chi connectivity index (χ2n) is 3.94. The van der Waals surface area contributed by atoms with Gasteiger partial charge in [-0.2, -0.15) is 0 Å². The van der Waals surface area contributed by atoms with Crippen molar-refractivity contribution in [2.75, 3.05) is 20.7 Å². The zero-order chi connectivity index (χ0) is 12.4. The quantitative estimate of drug-likeness (QED) is 0.735. The molecule has 5 heteroatoms. The molecule has 2 rings (SSSR count). The molecule has 1 aromatic rings. The summed E-state index contributed by atoms with van der Waals surface area (Å²) in [5, 5.41) is 0. The lowest BCUT2D eigenvalue weighted by atomic mass is 10.2. The minimum absolute atomic E-state index is 0.154. The fourth-order valence-corrected chi connectivity index (χ4v) is 1.73. The van der Waals surface area contributed by atoms with Gasteiger partial charge in [-0.15, -0.1) is 0 Å². The number of ether oxygens (including phenoxy) is 1. The Labute approximate surface area is 99.6 Å². The minimum atomic E-state index is -0.245. The van der Waals surface area contributed by atoms with Crippen molar-refractivity contribution in [2.24, 2.45) is 0 Å². The van der Waals surface area contributed by atoms with E-state index in [0.29, 0.717) is 6.54 Å². The van der Waals surface area contributed by atoms with Gasteiger partial charge in [0.1, 0.15) is 12.3 Å². The van der Waals surface area contributed by atoms with Crippen LogP contribution in [0, 0.1) is 0 Å². The molecule has 0 unspecified atom stereocenters. The molecular weight excluding hydrogens is 220 g/mol. The number of hydrogen-bond donors (Lipinski definition) is 0. The van der Waals surface area contributed by atoms with E-state index in [2.05, 4.69) is 0 Å². The predicted molar refractivity (Wildman–Crippen MR) is 61.6 cm³/mol. The molecular formula is C12H14N2O3. The Kier molecular flexibility index (Phi) is 2.99. The van der Waals surface area contributed by atoms with Crippen LogP contribution in [0.1, 0.15) is 5.56 Å². The Morgan fingerprint density at radius 3 is 2.35 bits per heavy atom. The lowest BCUT2D eigenvalue weighted by Crippen LogP contribution is -2.29. The van der Waals surface area contributed by atoms with Crippen LogP contribution in [0.3, 0.4) is 0 Å². The number of methoxy groups -OCH3 is 1. The van der Waals surface area contributed by atoms with Gasteiger partial charge in [-0.25, -0.2) is 4.79 Å². The van der Waals surface area contributed by atoms with Crippen molar-refractivity contribution in [2.45, 2.75) is 6.54 Å². The largest absolute Gasteiger partial charge is 0.497 e. The predicted octanol–water partition coefficient (Wildman–Crippen LogP) is 1.09. The number of urea groups is 1. The van der Waals surface area contributed by atoms with Crippen LogP contribution in [0.4, 0.5) is 4.79 Å². The topological polar surface area (TPSA) is 49.9 Å². The SMILES string of the molecule is COc1ccc(CN2CC(=O)N(C)C2=O)cc1. The summed E-state index contributed by atoms with van der Waals surface area (Å²) >= 11 is 0. The highest BCUT2D eigenvalue weighted by atomic mass is 16.5. The molecule has 1 fully saturated rings. The van der Waals surface area contributed by atoms with Gasteiger partial charge < -0.3 is 9.64 Å². The highest BCUT2D eigenvalue weighted by molar-refractivity contribution is 6.01. The standard InChI is InChI=1S/C12H14N2O3/c1-13-11(15)8-14(12(13)16)7-9-3-5-10(17-2)6-4-9/h3-6H,7-8H2,1-2H3. The maximum atomic E-state index is 11.6. The molecule has 0 saturated carbocycles. The summed E-state index contributed by atoms with van der Waals surface area (Å²) in [5.74, 6) is 0.609. The van der Waals surface area contributed by atoms with E-state index in [4.69, 9.17) is 4.74 Å². The molecule has 1 aromatic carbocycles. The van der Waals surface area contributed by atoms with Crippen LogP contribution >= 0.6 is 0 Å². The maximum Gasteiger partial charge on any atom is 0.327 e. The molecule has 1 aliphatic heterocycles. The molecule has 0 bridgehead atoms. The molecule has 3 amide bonds. The van der Waals surface area contributed by atoms with Crippen LogP contribution in [0.2, 0.25) is 0 Å². The summed E-state index contributed by atoms with van der Waals surface area (Å²) in [6.45, 7) is 0.597. The molecule has 1 heterocycles. The summed E-state index contributed by atoms with van der Waals surface area (Å²) in [4.78, 5) is 25.6. The number of hydrogen-bond acceptors (Lipinski definition) is 3. The number of likely N-dealkylation sites (N-methyl/N-ethyl adjacent to an activating group) is 1. The zero-order valence-corrected chi connectivity index (χ0v) is 9.84. The van der Waals surface area contributed by atoms with Crippen molar-refractivity contribution < 1.29 is 14.3 Å². The summed E-state index contributed by atoms with van der Waals surface area (Å²) in [6.07, 6.45) is 0. The number of benzene rings is 1. The third-order valence-electron chi connectivity index (χ3n) is 2.79. The number of carbonyl (C=O) groups is 2. The van der Waals surface area contributed by atoms with Gasteiger partial charge in [0, 0.05) is 13.6 Å². The Hall–Kier alpha value is -2.04. The molecule has 0 radical (unpaired) electrons. The highest BCUT2D eigenvalue weighted by Gasteiger charge is 2.32. The monoisotopic (exact) mass is 234 g/mol. The number of nitrogens with zero attached hydrogens (tertiary/aromatic N) is 2. The first kappa shape index (κ1) is 11.4. The van der Waals surface area contributed by atoms with Crippen molar-refractivity contribution in [1.29, 1.82) is 0 Å². The number of imide groups is 1. The first-order valence-corrected chi connectivity index (χ1v) is 5.30. The first-order valence-electron chi connectivity index (χ1n) is 5.30. The van der Waals surface area contributed by atoms with Crippen molar-refractivity contribution in [3.63, 3.8) is 0 Å². The zero-order valence-electron chi connectivity index (χ0n) is 9.84. The summed E-state index contributed by atoms with van der Waals surface area (Å²) in [7, 11) is 3.10. The van der Waals surface area contributed by atoms with Crippen LogP contribution in [-0.4, -0.2) is 42.4 Å². The van der Waals surface area contributed by atoms with Crippen molar-refractivity contribution >= 4 is 11.9 Å². The Morgan fingerprint density at radius 2 is 1.88 bits per heavy atom. The molecule has 0 aliphatic carbocycles. The van der Waals surface area contributed by atoms with Gasteiger partial charge in [0.15, 0.2) is 0 Å². The molecule has 1 aliphatic rings. The van der Waals surface area contributed by atoms with E-state index in [-0.39, 0.29) is 18.5 Å². The van der Waals surface area contributed by atoms with Crippen LogP contribution < -0.4 is 4.74 Å². The normalized spacial score (nSPS) is 15.6. The second kappa shape index (κ2) is 4.45. The Bertz CT molecular complexity index is 442. The summed E-state index contributed by atoms with van der Waals surface area (Å²) in [6, 6.07) is 7.19. The number of rotatable bonds is 3. The molecule has 17 heavy (non-hydrogen) atoms. The van der Waals surface area contributed by atoms with Crippen molar-refractivity contribution in [1.82, 2.24) is 9.80 Å². The molecule has 0 aromatic heterocycles. The van der Waals surface area contributed by atoms with E-state index in [0.717, 1.165) is 16.2 Å². The van der Waals surface area contributed by atoms with E-state index >= 15 is 0 Å². The number of amides is 3. The fraction of sp³-hybridized carbons (Fsp3) is 0.333. The Balaban J connectivity index is 2.06. The fourth-order valence-electron chi connectivity index (χ4n) is 1.73. The van der Waals surface area contributed by atoms with Gasteiger partial charge in [-0.1, -0.05) is 12.1 Å². The van der Waals surface area contributed by atoms with E-state index < -0.39 is 0 Å². The molecule has 0 atom stereocenters. The van der Waals surface area contributed by atoms with Crippen molar-refractivity contribution in [3.8, 4) is 5.75 Å². The Morgan fingerprint density at radius 1 is 1.24 bits per heavy atom. The first-order chi connectivity index (χ1) is 8.11. The van der Waals surface area contributed by atoms with Gasteiger partial charge in [-0.3, -0.25) is 9.69 Å². The summed E-state index contributed by atoms with van der Waals surface area (Å²) in [5.41, 5.74) is 0.974. The molecule has 90 valence electrons. The minimum Gasteiger partial charge on any atom is -0.497 e. The lowest BCUT2D eigenvalue weighted by molar-refractivity contribution is -0.124. The van der Waals surface area contributed by atoms with Crippen molar-refractivity contribution in [3.05, 3.63) is 29.8 Å². The van der Waals surface area contributed by atoms with E-state index in [1.165, 1.54) is 11.9 Å². The van der Waals surface area contributed by atoms with Gasteiger partial charge in [-0.05, 0) is 17.7 Å². The van der Waals surface area contributed by atoms with Crippen LogP contribution in [0.15, 0.2) is 24.3 Å². The van der Waals surface area contributed by atoms with Gasteiger partial charge in [0.25, 0.3) is 0 Å². The average molecular weight is 234 g/mol. The maximum absolute atomic E-state index is 11.6. The highest BCUT2D eigenvalue weighted by Crippen LogP contribution is 2.16. The summed E-state index contributed by atoms with van der Waals surface area (Å²) < 4.78 is 5.05. The molecule has 0 spiro atoms. The molecule has 1 saturated heterocycles. The average Bonchev–Trinajstić information content (AvgIpc) is 2.58. The third-order valence-corrected chi connectivity index (χ3v) is 2.79. The van der Waals surface area contributed by atoms with Gasteiger partial charge in [0.2, 0.25) is 5.91 Å². The van der Waals surface area contributed by atoms with E-state index in [9.17, 15) is 9.59 Å². The van der Waals surface area contributed by atoms with Gasteiger partial charge >= 0.3 is 6.03 Å². The smallest absolute Gasteiger partial charge is 0.327 e. The second-order valence-corrected chi connectivity index (χ2v) is 3.94. The lowest BCUT2D eigenvalue weighted by Gasteiger charge is -2.14. The van der Waals surface area contributed by atoms with Crippen LogP contribution in [-0.2, 0) is 11.3 Å². The van der Waals surface area contributed by atoms with E-state index in [1.54, 1.807) is 7.11 Å². The van der Waals surface area contributed by atoms with E-state index in [1.807, 2.05) is 24.3 Å². The van der Waals surface area contributed by atoms with Crippen LogP contribution in [0.5, 0.6) is 5.75 Å². The molecule has 5 nitrogen and oxygen atoms in total. The van der Waals surface area contributed by atoms with Gasteiger partial charge in [0.05, 0.1) is 7.11 Å². The van der Waals surface area contributed by atoms with Crippen LogP contribution in [0.25, 0.3) is 0 Å².